The zero-order valence-corrected chi connectivity index (χ0v) is 10.6. The monoisotopic (exact) mass is 281 g/mol. The standard InChI is InChI=1S/C12H9ClFN3O2/c1-19-12(18)9-5-15-6-10(17-9)16-8-4-2-3-7(13)11(8)14/h2-6H,1H3,(H,16,17). The number of ether oxygens (including phenoxy) is 1. The predicted octanol–water partition coefficient (Wildman–Crippen LogP) is 2.80. The molecule has 0 aliphatic rings. The van der Waals surface area contributed by atoms with Gasteiger partial charge in [-0.05, 0) is 12.1 Å². The third kappa shape index (κ3) is 2.97. The number of benzene rings is 1. The number of hydrogen-bond donors (Lipinski definition) is 1. The van der Waals surface area contributed by atoms with Crippen LogP contribution in [0.15, 0.2) is 30.6 Å². The number of nitrogens with zero attached hydrogens (tertiary/aromatic N) is 2. The Morgan fingerprint density at radius 1 is 1.42 bits per heavy atom. The minimum absolute atomic E-state index is 0.0120. The Hall–Kier alpha value is -2.21. The Morgan fingerprint density at radius 3 is 2.95 bits per heavy atom. The summed E-state index contributed by atoms with van der Waals surface area (Å²) in [5, 5.41) is 2.68. The van der Waals surface area contributed by atoms with E-state index in [0.29, 0.717) is 0 Å². The fourth-order valence-corrected chi connectivity index (χ4v) is 1.54. The van der Waals surface area contributed by atoms with Crippen LogP contribution in [0.5, 0.6) is 0 Å². The van der Waals surface area contributed by atoms with E-state index in [1.807, 2.05) is 0 Å². The fourth-order valence-electron chi connectivity index (χ4n) is 1.37. The molecule has 1 heterocycles. The third-order valence-corrected chi connectivity index (χ3v) is 2.54. The molecular formula is C12H9ClFN3O2. The maximum Gasteiger partial charge on any atom is 0.358 e. The molecule has 0 radical (unpaired) electrons. The van der Waals surface area contributed by atoms with Crippen molar-refractivity contribution < 1.29 is 13.9 Å². The van der Waals surface area contributed by atoms with Crippen LogP contribution in [-0.4, -0.2) is 23.0 Å². The zero-order chi connectivity index (χ0) is 13.8. The van der Waals surface area contributed by atoms with Crippen molar-refractivity contribution in [2.45, 2.75) is 0 Å². The van der Waals surface area contributed by atoms with Crippen molar-refractivity contribution in [2.24, 2.45) is 0 Å². The maximum atomic E-state index is 13.7. The van der Waals surface area contributed by atoms with E-state index in [1.54, 1.807) is 6.07 Å². The molecule has 0 atom stereocenters. The van der Waals surface area contributed by atoms with Crippen molar-refractivity contribution >= 4 is 29.1 Å². The van der Waals surface area contributed by atoms with Crippen molar-refractivity contribution in [1.29, 1.82) is 0 Å². The summed E-state index contributed by atoms with van der Waals surface area (Å²) in [6.45, 7) is 0. The smallest absolute Gasteiger partial charge is 0.358 e. The maximum absolute atomic E-state index is 13.7. The van der Waals surface area contributed by atoms with Crippen molar-refractivity contribution in [2.75, 3.05) is 12.4 Å². The zero-order valence-electron chi connectivity index (χ0n) is 9.85. The minimum atomic E-state index is -0.622. The number of anilines is 2. The van der Waals surface area contributed by atoms with Gasteiger partial charge in [0.25, 0.3) is 0 Å². The summed E-state index contributed by atoms with van der Waals surface area (Å²) in [6.07, 6.45) is 2.61. The first kappa shape index (κ1) is 13.2. The predicted molar refractivity (Wildman–Crippen MR) is 68.1 cm³/mol. The lowest BCUT2D eigenvalue weighted by Crippen LogP contribution is -2.07. The van der Waals surface area contributed by atoms with Crippen LogP contribution in [-0.2, 0) is 4.74 Å². The van der Waals surface area contributed by atoms with Gasteiger partial charge in [-0.1, -0.05) is 17.7 Å². The van der Waals surface area contributed by atoms with E-state index in [2.05, 4.69) is 20.0 Å². The molecule has 0 fully saturated rings. The second-order valence-electron chi connectivity index (χ2n) is 3.51. The number of carbonyl (C=O) groups excluding carboxylic acids is 1. The third-order valence-electron chi connectivity index (χ3n) is 2.24. The van der Waals surface area contributed by atoms with E-state index in [1.165, 1.54) is 31.6 Å². The van der Waals surface area contributed by atoms with Crippen molar-refractivity contribution in [3.63, 3.8) is 0 Å². The molecule has 2 aromatic rings. The quantitative estimate of drug-likeness (QED) is 0.877. The summed E-state index contributed by atoms with van der Waals surface area (Å²) >= 11 is 5.66. The number of aromatic nitrogens is 2. The highest BCUT2D eigenvalue weighted by molar-refractivity contribution is 6.31. The van der Waals surface area contributed by atoms with E-state index in [9.17, 15) is 9.18 Å². The molecule has 0 saturated carbocycles. The van der Waals surface area contributed by atoms with Gasteiger partial charge in [0, 0.05) is 0 Å². The molecule has 0 aliphatic carbocycles. The Labute approximate surface area is 113 Å². The molecule has 19 heavy (non-hydrogen) atoms. The average Bonchev–Trinajstić information content (AvgIpc) is 2.43. The molecule has 2 rings (SSSR count). The van der Waals surface area contributed by atoms with Gasteiger partial charge < -0.3 is 10.1 Å². The van der Waals surface area contributed by atoms with Crippen molar-refractivity contribution in [3.8, 4) is 0 Å². The lowest BCUT2D eigenvalue weighted by atomic mass is 10.3. The van der Waals surface area contributed by atoms with Crippen LogP contribution in [0.25, 0.3) is 0 Å². The molecule has 0 bridgehead atoms. The number of esters is 1. The number of rotatable bonds is 3. The Bertz CT molecular complexity index is 622. The van der Waals surface area contributed by atoms with E-state index in [0.717, 1.165) is 0 Å². The van der Waals surface area contributed by atoms with Crippen LogP contribution < -0.4 is 5.32 Å². The Balaban J connectivity index is 2.28. The molecule has 1 aromatic heterocycles. The second-order valence-corrected chi connectivity index (χ2v) is 3.91. The van der Waals surface area contributed by atoms with Gasteiger partial charge in [0.1, 0.15) is 5.82 Å². The molecule has 0 saturated heterocycles. The van der Waals surface area contributed by atoms with Gasteiger partial charge in [-0.15, -0.1) is 0 Å². The normalized spacial score (nSPS) is 10.1. The van der Waals surface area contributed by atoms with Gasteiger partial charge in [0.05, 0.1) is 30.2 Å². The van der Waals surface area contributed by atoms with Gasteiger partial charge >= 0.3 is 5.97 Å². The molecule has 0 amide bonds. The molecule has 1 N–H and O–H groups in total. The van der Waals surface area contributed by atoms with E-state index < -0.39 is 11.8 Å². The minimum Gasteiger partial charge on any atom is -0.464 e. The van der Waals surface area contributed by atoms with Crippen LogP contribution in [0, 0.1) is 5.82 Å². The summed E-state index contributed by atoms with van der Waals surface area (Å²) in [5.41, 5.74) is 0.166. The first-order valence-corrected chi connectivity index (χ1v) is 5.61. The molecule has 0 spiro atoms. The van der Waals surface area contributed by atoms with Crippen molar-refractivity contribution in [3.05, 3.63) is 47.1 Å². The molecule has 7 heteroatoms. The lowest BCUT2D eigenvalue weighted by Gasteiger charge is -2.07. The van der Waals surface area contributed by atoms with Gasteiger partial charge in [-0.2, -0.15) is 0 Å². The summed E-state index contributed by atoms with van der Waals surface area (Å²) in [5.74, 6) is -1.01. The fraction of sp³-hybridized carbons (Fsp3) is 0.0833. The summed E-state index contributed by atoms with van der Waals surface area (Å²) in [6, 6.07) is 4.51. The van der Waals surface area contributed by atoms with Gasteiger partial charge in [0.15, 0.2) is 11.5 Å². The summed E-state index contributed by atoms with van der Waals surface area (Å²) in [7, 11) is 1.24. The van der Waals surface area contributed by atoms with E-state index >= 15 is 0 Å². The SMILES string of the molecule is COC(=O)c1cncc(Nc2cccc(Cl)c2F)n1. The van der Waals surface area contributed by atoms with Crippen LogP contribution in [0.1, 0.15) is 10.5 Å². The second kappa shape index (κ2) is 5.62. The van der Waals surface area contributed by atoms with Crippen LogP contribution in [0.3, 0.4) is 0 Å². The van der Waals surface area contributed by atoms with E-state index in [4.69, 9.17) is 11.6 Å². The number of nitrogens with one attached hydrogen (secondary N) is 1. The summed E-state index contributed by atoms with van der Waals surface area (Å²) < 4.78 is 18.2. The molecule has 1 aromatic carbocycles. The van der Waals surface area contributed by atoms with Gasteiger partial charge in [-0.3, -0.25) is 4.98 Å². The van der Waals surface area contributed by atoms with Crippen LogP contribution >= 0.6 is 11.6 Å². The van der Waals surface area contributed by atoms with Crippen molar-refractivity contribution in [1.82, 2.24) is 9.97 Å². The first-order valence-electron chi connectivity index (χ1n) is 5.23. The molecule has 0 aliphatic heterocycles. The molecular weight excluding hydrogens is 273 g/mol. The highest BCUT2D eigenvalue weighted by atomic mass is 35.5. The van der Waals surface area contributed by atoms with Crippen LogP contribution in [0.4, 0.5) is 15.9 Å². The molecule has 5 nitrogen and oxygen atoms in total. The summed E-state index contributed by atoms with van der Waals surface area (Å²) in [4.78, 5) is 19.1. The number of halogens is 2. The van der Waals surface area contributed by atoms with Crippen LogP contribution in [0.2, 0.25) is 5.02 Å². The van der Waals surface area contributed by atoms with E-state index in [-0.39, 0.29) is 22.2 Å². The number of methoxy groups -OCH3 is 1. The number of hydrogen-bond acceptors (Lipinski definition) is 5. The first-order chi connectivity index (χ1) is 9.11. The Morgan fingerprint density at radius 2 is 2.21 bits per heavy atom. The molecule has 0 unspecified atom stereocenters. The Kier molecular flexibility index (Phi) is 3.91. The number of carbonyl (C=O) groups is 1. The largest absolute Gasteiger partial charge is 0.464 e. The highest BCUT2D eigenvalue weighted by Crippen LogP contribution is 2.24. The lowest BCUT2D eigenvalue weighted by molar-refractivity contribution is 0.0593. The topological polar surface area (TPSA) is 64.1 Å². The van der Waals surface area contributed by atoms with Gasteiger partial charge in [-0.25, -0.2) is 14.2 Å². The van der Waals surface area contributed by atoms with Gasteiger partial charge in [0.2, 0.25) is 0 Å². The highest BCUT2D eigenvalue weighted by Gasteiger charge is 2.10. The average molecular weight is 282 g/mol. The molecule has 98 valence electrons.